The molecule has 0 saturated heterocycles. The van der Waals surface area contributed by atoms with Gasteiger partial charge in [0.1, 0.15) is 5.75 Å². The van der Waals surface area contributed by atoms with Crippen LogP contribution in [0.2, 0.25) is 0 Å². The Balaban J connectivity index is 2.18. The number of carbonyl (C=O) groups is 1. The smallest absolute Gasteiger partial charge is 0.387 e. The predicted octanol–water partition coefficient (Wildman–Crippen LogP) is 3.31. The second-order valence-corrected chi connectivity index (χ2v) is 4.84. The van der Waals surface area contributed by atoms with E-state index < -0.39 is 12.5 Å². The molecule has 0 aliphatic carbocycles. The fourth-order valence-corrected chi connectivity index (χ4v) is 2.09. The van der Waals surface area contributed by atoms with Gasteiger partial charge in [-0.15, -0.1) is 11.3 Å². The third-order valence-corrected chi connectivity index (χ3v) is 3.02. The quantitative estimate of drug-likeness (QED) is 0.937. The first-order valence-corrected chi connectivity index (χ1v) is 6.15. The highest BCUT2D eigenvalue weighted by Crippen LogP contribution is 2.23. The van der Waals surface area contributed by atoms with E-state index in [9.17, 15) is 13.6 Å². The van der Waals surface area contributed by atoms with Crippen LogP contribution in [0.3, 0.4) is 0 Å². The molecule has 0 aliphatic rings. The number of ether oxygens (including phenoxy) is 1. The van der Waals surface area contributed by atoms with Gasteiger partial charge in [0.2, 0.25) is 0 Å². The first-order valence-electron chi connectivity index (χ1n) is 5.34. The fraction of sp³-hybridized carbons (Fsp3) is 0.167. The summed E-state index contributed by atoms with van der Waals surface area (Å²) < 4.78 is 28.8. The Morgan fingerprint density at radius 2 is 2.16 bits per heavy atom. The Morgan fingerprint density at radius 1 is 1.42 bits per heavy atom. The molecule has 0 saturated carbocycles. The minimum absolute atomic E-state index is 0.0376. The lowest BCUT2D eigenvalue weighted by molar-refractivity contribution is -0.0501. The maximum absolute atomic E-state index is 12.2. The van der Waals surface area contributed by atoms with E-state index in [1.165, 1.54) is 29.5 Å². The average Bonchev–Trinajstić information content (AvgIpc) is 2.74. The second kappa shape index (κ2) is 5.75. The van der Waals surface area contributed by atoms with E-state index in [1.54, 1.807) is 12.3 Å². The van der Waals surface area contributed by atoms with Gasteiger partial charge in [0.15, 0.2) is 5.13 Å². The third-order valence-electron chi connectivity index (χ3n) is 2.19. The molecule has 0 radical (unpaired) electrons. The SMILES string of the molecule is Cc1cnc(NC(=O)c2ccccc2OC(F)F)s1. The maximum atomic E-state index is 12.2. The van der Waals surface area contributed by atoms with Crippen LogP contribution in [0.5, 0.6) is 5.75 Å². The van der Waals surface area contributed by atoms with Crippen LogP contribution in [0.25, 0.3) is 0 Å². The number of halogens is 2. The molecule has 1 aromatic carbocycles. The number of anilines is 1. The zero-order chi connectivity index (χ0) is 13.8. The molecule has 1 aromatic heterocycles. The van der Waals surface area contributed by atoms with Gasteiger partial charge in [0.25, 0.3) is 5.91 Å². The normalized spacial score (nSPS) is 10.5. The van der Waals surface area contributed by atoms with Crippen molar-refractivity contribution in [1.82, 2.24) is 4.98 Å². The molecular formula is C12H10F2N2O2S. The van der Waals surface area contributed by atoms with Crippen LogP contribution < -0.4 is 10.1 Å². The molecular weight excluding hydrogens is 274 g/mol. The lowest BCUT2D eigenvalue weighted by Crippen LogP contribution is -2.14. The zero-order valence-corrected chi connectivity index (χ0v) is 10.7. The van der Waals surface area contributed by atoms with E-state index in [0.717, 1.165) is 4.88 Å². The van der Waals surface area contributed by atoms with Crippen LogP contribution >= 0.6 is 11.3 Å². The number of alkyl halides is 2. The Bertz CT molecular complexity index is 587. The summed E-state index contributed by atoms with van der Waals surface area (Å²) in [6, 6.07) is 5.81. The number of hydrogen-bond acceptors (Lipinski definition) is 4. The van der Waals surface area contributed by atoms with Gasteiger partial charge in [-0.2, -0.15) is 8.78 Å². The molecule has 0 fully saturated rings. The van der Waals surface area contributed by atoms with Crippen molar-refractivity contribution in [3.8, 4) is 5.75 Å². The van der Waals surface area contributed by atoms with Gasteiger partial charge in [-0.1, -0.05) is 12.1 Å². The monoisotopic (exact) mass is 284 g/mol. The van der Waals surface area contributed by atoms with Gasteiger partial charge < -0.3 is 4.74 Å². The average molecular weight is 284 g/mol. The molecule has 1 N–H and O–H groups in total. The molecule has 0 atom stereocenters. The number of hydrogen-bond donors (Lipinski definition) is 1. The summed E-state index contributed by atoms with van der Waals surface area (Å²) in [5.41, 5.74) is 0.0376. The molecule has 2 rings (SSSR count). The van der Waals surface area contributed by atoms with Crippen LogP contribution in [0.4, 0.5) is 13.9 Å². The molecule has 0 unspecified atom stereocenters. The van der Waals surface area contributed by atoms with Crippen LogP contribution in [0, 0.1) is 6.92 Å². The molecule has 19 heavy (non-hydrogen) atoms. The molecule has 2 aromatic rings. The summed E-state index contributed by atoms with van der Waals surface area (Å²) in [6.45, 7) is -1.13. The van der Waals surface area contributed by atoms with Crippen LogP contribution in [-0.2, 0) is 0 Å². The highest BCUT2D eigenvalue weighted by molar-refractivity contribution is 7.15. The van der Waals surface area contributed by atoms with Crippen LogP contribution in [0.15, 0.2) is 30.5 Å². The summed E-state index contributed by atoms with van der Waals surface area (Å²) in [6.07, 6.45) is 1.61. The minimum Gasteiger partial charge on any atom is -0.434 e. The van der Waals surface area contributed by atoms with Crippen molar-refractivity contribution in [2.75, 3.05) is 5.32 Å². The highest BCUT2D eigenvalue weighted by Gasteiger charge is 2.16. The lowest BCUT2D eigenvalue weighted by atomic mass is 10.2. The van der Waals surface area contributed by atoms with Gasteiger partial charge in [-0.25, -0.2) is 4.98 Å². The zero-order valence-electron chi connectivity index (χ0n) is 9.89. The van der Waals surface area contributed by atoms with E-state index in [0.29, 0.717) is 5.13 Å². The lowest BCUT2D eigenvalue weighted by Gasteiger charge is -2.09. The summed E-state index contributed by atoms with van der Waals surface area (Å²) in [7, 11) is 0. The standard InChI is InChI=1S/C12H10F2N2O2S/c1-7-6-15-12(19-7)16-10(17)8-4-2-3-5-9(8)18-11(13)14/h2-6,11H,1H3,(H,15,16,17). The number of nitrogens with zero attached hydrogens (tertiary/aromatic N) is 1. The van der Waals surface area contributed by atoms with E-state index in [-0.39, 0.29) is 11.3 Å². The van der Waals surface area contributed by atoms with Crippen molar-refractivity contribution in [3.63, 3.8) is 0 Å². The number of aryl methyl sites for hydroxylation is 1. The molecule has 7 heteroatoms. The van der Waals surface area contributed by atoms with Gasteiger partial charge in [-0.3, -0.25) is 10.1 Å². The van der Waals surface area contributed by atoms with Crippen LogP contribution in [-0.4, -0.2) is 17.5 Å². The van der Waals surface area contributed by atoms with Crippen molar-refractivity contribution in [3.05, 3.63) is 40.9 Å². The number of para-hydroxylation sites is 1. The van der Waals surface area contributed by atoms with Gasteiger partial charge in [0.05, 0.1) is 5.56 Å². The van der Waals surface area contributed by atoms with Crippen LogP contribution in [0.1, 0.15) is 15.2 Å². The number of rotatable bonds is 4. The largest absolute Gasteiger partial charge is 0.434 e. The number of thiazole rings is 1. The predicted molar refractivity (Wildman–Crippen MR) is 67.9 cm³/mol. The van der Waals surface area contributed by atoms with E-state index >= 15 is 0 Å². The van der Waals surface area contributed by atoms with Gasteiger partial charge in [-0.05, 0) is 19.1 Å². The maximum Gasteiger partial charge on any atom is 0.387 e. The molecule has 1 heterocycles. The molecule has 100 valence electrons. The Hall–Kier alpha value is -2.02. The van der Waals surface area contributed by atoms with Gasteiger partial charge >= 0.3 is 6.61 Å². The number of aromatic nitrogens is 1. The number of benzene rings is 1. The summed E-state index contributed by atoms with van der Waals surface area (Å²) in [5.74, 6) is -0.700. The van der Waals surface area contributed by atoms with Crippen molar-refractivity contribution in [1.29, 1.82) is 0 Å². The Labute approximate surface area is 112 Å². The van der Waals surface area contributed by atoms with Crippen molar-refractivity contribution < 1.29 is 18.3 Å². The van der Waals surface area contributed by atoms with E-state index in [1.807, 2.05) is 6.92 Å². The Kier molecular flexibility index (Phi) is 4.06. The molecule has 0 spiro atoms. The number of carbonyl (C=O) groups excluding carboxylic acids is 1. The Morgan fingerprint density at radius 3 is 2.79 bits per heavy atom. The molecule has 1 amide bonds. The summed E-state index contributed by atoms with van der Waals surface area (Å²) >= 11 is 1.30. The first-order chi connectivity index (χ1) is 9.06. The number of amides is 1. The molecule has 4 nitrogen and oxygen atoms in total. The summed E-state index contributed by atoms with van der Waals surface area (Å²) in [4.78, 5) is 16.9. The second-order valence-electron chi connectivity index (χ2n) is 3.60. The van der Waals surface area contributed by atoms with Gasteiger partial charge in [0, 0.05) is 11.1 Å². The fourth-order valence-electron chi connectivity index (χ4n) is 1.43. The first kappa shape index (κ1) is 13.4. The third kappa shape index (κ3) is 3.47. The van der Waals surface area contributed by atoms with Crippen molar-refractivity contribution in [2.45, 2.75) is 13.5 Å². The van der Waals surface area contributed by atoms with Crippen molar-refractivity contribution in [2.24, 2.45) is 0 Å². The summed E-state index contributed by atoms with van der Waals surface area (Å²) in [5, 5.41) is 2.95. The molecule has 0 aliphatic heterocycles. The van der Waals surface area contributed by atoms with Crippen molar-refractivity contribution >= 4 is 22.4 Å². The van der Waals surface area contributed by atoms with E-state index in [4.69, 9.17) is 0 Å². The van der Waals surface area contributed by atoms with E-state index in [2.05, 4.69) is 15.0 Å². The topological polar surface area (TPSA) is 51.2 Å². The minimum atomic E-state index is -2.98. The number of nitrogens with one attached hydrogen (secondary N) is 1. The highest BCUT2D eigenvalue weighted by atomic mass is 32.1. The molecule has 0 bridgehead atoms.